The van der Waals surface area contributed by atoms with Gasteiger partial charge in [0.2, 0.25) is 5.88 Å². The second kappa shape index (κ2) is 9.97. The van der Waals surface area contributed by atoms with Crippen LogP contribution < -0.4 is 4.74 Å². The lowest BCUT2D eigenvalue weighted by Crippen LogP contribution is -2.41. The van der Waals surface area contributed by atoms with E-state index in [1.807, 2.05) is 32.9 Å². The first-order valence-electron chi connectivity index (χ1n) is 10.6. The minimum atomic E-state index is -0.594. The fraction of sp³-hybridized carbons (Fsp3) is 0.458. The summed E-state index contributed by atoms with van der Waals surface area (Å²) in [5.41, 5.74) is 0.829. The third-order valence-electron chi connectivity index (χ3n) is 5.16. The number of amides is 1. The number of halogens is 1. The summed E-state index contributed by atoms with van der Waals surface area (Å²) in [7, 11) is 1.25. The summed E-state index contributed by atoms with van der Waals surface area (Å²) in [4.78, 5) is 30.1. The summed E-state index contributed by atoms with van der Waals surface area (Å²) < 4.78 is 30.0. The zero-order valence-corrected chi connectivity index (χ0v) is 18.9. The summed E-state index contributed by atoms with van der Waals surface area (Å²) in [6.07, 6.45) is 1.26. The molecule has 0 N–H and O–H groups in total. The topological polar surface area (TPSA) is 78.0 Å². The summed E-state index contributed by atoms with van der Waals surface area (Å²) in [5, 5.41) is 0. The lowest BCUT2D eigenvalue weighted by atomic mass is 9.93. The molecule has 3 rings (SSSR count). The van der Waals surface area contributed by atoms with Gasteiger partial charge in [-0.1, -0.05) is 12.1 Å². The van der Waals surface area contributed by atoms with Crippen LogP contribution >= 0.6 is 0 Å². The molecule has 1 amide bonds. The Morgan fingerprint density at radius 1 is 1.16 bits per heavy atom. The Kier molecular flexibility index (Phi) is 7.33. The van der Waals surface area contributed by atoms with Gasteiger partial charge in [-0.25, -0.2) is 19.0 Å². The number of likely N-dealkylation sites (tertiary alicyclic amines) is 1. The number of hydrogen-bond donors (Lipinski definition) is 0. The Hall–Kier alpha value is -3.16. The molecule has 1 aromatic carbocycles. The Balaban J connectivity index is 1.57. The van der Waals surface area contributed by atoms with E-state index in [1.54, 1.807) is 11.0 Å². The third kappa shape index (κ3) is 6.18. The van der Waals surface area contributed by atoms with Gasteiger partial charge in [-0.3, -0.25) is 0 Å². The predicted molar refractivity (Wildman–Crippen MR) is 116 cm³/mol. The summed E-state index contributed by atoms with van der Waals surface area (Å²) in [6, 6.07) is 9.64. The number of nitrogens with zero attached hydrogens (tertiary/aromatic N) is 2. The van der Waals surface area contributed by atoms with Gasteiger partial charge in [-0.2, -0.15) is 0 Å². The molecule has 0 radical (unpaired) electrons. The summed E-state index contributed by atoms with van der Waals surface area (Å²) in [6.45, 7) is 6.75. The van der Waals surface area contributed by atoms with Gasteiger partial charge in [0.05, 0.1) is 12.7 Å². The molecule has 1 aliphatic heterocycles. The molecule has 1 fully saturated rings. The molecule has 172 valence electrons. The van der Waals surface area contributed by atoms with E-state index in [0.29, 0.717) is 24.5 Å². The zero-order valence-electron chi connectivity index (χ0n) is 18.9. The van der Waals surface area contributed by atoms with Gasteiger partial charge in [0.25, 0.3) is 0 Å². The van der Waals surface area contributed by atoms with Crippen LogP contribution in [-0.2, 0) is 16.1 Å². The molecule has 8 heteroatoms. The Morgan fingerprint density at radius 3 is 2.50 bits per heavy atom. The molecule has 2 heterocycles. The number of pyridine rings is 1. The van der Waals surface area contributed by atoms with Crippen molar-refractivity contribution in [1.29, 1.82) is 0 Å². The predicted octanol–water partition coefficient (Wildman–Crippen LogP) is 4.70. The molecule has 0 spiro atoms. The molecular weight excluding hydrogens is 415 g/mol. The molecule has 1 aliphatic rings. The number of ether oxygens (including phenoxy) is 3. The fourth-order valence-electron chi connectivity index (χ4n) is 3.48. The van der Waals surface area contributed by atoms with Crippen LogP contribution in [0, 0.1) is 5.82 Å². The number of benzene rings is 1. The highest BCUT2D eigenvalue weighted by molar-refractivity contribution is 5.89. The Bertz CT molecular complexity index is 965. The SMILES string of the molecule is COC(=O)c1ccc(COc2cccc(C3CCN(C(=O)OC(C)(C)C)CC3)n2)c(F)c1. The van der Waals surface area contributed by atoms with E-state index in [9.17, 15) is 14.0 Å². The van der Waals surface area contributed by atoms with Crippen molar-refractivity contribution in [1.82, 2.24) is 9.88 Å². The smallest absolute Gasteiger partial charge is 0.410 e. The summed E-state index contributed by atoms with van der Waals surface area (Å²) in [5.74, 6) is -0.538. The summed E-state index contributed by atoms with van der Waals surface area (Å²) >= 11 is 0. The van der Waals surface area contributed by atoms with Crippen molar-refractivity contribution >= 4 is 12.1 Å². The second-order valence-electron chi connectivity index (χ2n) is 8.73. The van der Waals surface area contributed by atoms with Crippen LogP contribution in [0.3, 0.4) is 0 Å². The number of methoxy groups -OCH3 is 1. The van der Waals surface area contributed by atoms with Crippen LogP contribution in [0.1, 0.15) is 61.1 Å². The van der Waals surface area contributed by atoms with Gasteiger partial charge in [-0.05, 0) is 51.8 Å². The Labute approximate surface area is 187 Å². The van der Waals surface area contributed by atoms with Crippen LogP contribution in [0.2, 0.25) is 0 Å². The van der Waals surface area contributed by atoms with Crippen molar-refractivity contribution < 1.29 is 28.2 Å². The first kappa shape index (κ1) is 23.5. The largest absolute Gasteiger partial charge is 0.473 e. The van der Waals surface area contributed by atoms with Gasteiger partial charge in [0.1, 0.15) is 18.0 Å². The molecular formula is C24H29FN2O5. The maximum atomic E-state index is 14.3. The van der Waals surface area contributed by atoms with Crippen LogP contribution in [0.15, 0.2) is 36.4 Å². The van der Waals surface area contributed by atoms with Crippen molar-refractivity contribution in [3.8, 4) is 5.88 Å². The lowest BCUT2D eigenvalue weighted by Gasteiger charge is -2.33. The van der Waals surface area contributed by atoms with E-state index >= 15 is 0 Å². The Morgan fingerprint density at radius 2 is 1.88 bits per heavy atom. The first-order chi connectivity index (χ1) is 15.2. The van der Waals surface area contributed by atoms with E-state index in [1.165, 1.54) is 19.2 Å². The molecule has 7 nitrogen and oxygen atoms in total. The molecule has 1 saturated heterocycles. The van der Waals surface area contributed by atoms with Crippen molar-refractivity contribution in [3.05, 3.63) is 59.0 Å². The molecule has 0 unspecified atom stereocenters. The van der Waals surface area contributed by atoms with Crippen molar-refractivity contribution in [2.75, 3.05) is 20.2 Å². The van der Waals surface area contributed by atoms with E-state index in [4.69, 9.17) is 9.47 Å². The highest BCUT2D eigenvalue weighted by atomic mass is 19.1. The quantitative estimate of drug-likeness (QED) is 0.622. The number of rotatable bonds is 5. The van der Waals surface area contributed by atoms with Crippen molar-refractivity contribution in [3.63, 3.8) is 0 Å². The van der Waals surface area contributed by atoms with E-state index < -0.39 is 17.4 Å². The number of piperidine rings is 1. The minimum absolute atomic E-state index is 0.0131. The van der Waals surface area contributed by atoms with Gasteiger partial charge in [0, 0.05) is 36.3 Å². The molecule has 0 bridgehead atoms. The number of hydrogen-bond acceptors (Lipinski definition) is 6. The standard InChI is InChI=1S/C24H29FN2O5/c1-24(2,3)32-23(29)27-12-10-16(11-13-27)20-6-5-7-21(26-20)31-15-18-9-8-17(14-19(18)25)22(28)30-4/h5-9,14,16H,10-13,15H2,1-4H3. The molecule has 0 aliphatic carbocycles. The molecule has 32 heavy (non-hydrogen) atoms. The number of carbonyl (C=O) groups excluding carboxylic acids is 2. The van der Waals surface area contributed by atoms with Crippen molar-refractivity contribution in [2.45, 2.75) is 51.7 Å². The highest BCUT2D eigenvalue weighted by Gasteiger charge is 2.28. The van der Waals surface area contributed by atoms with E-state index in [2.05, 4.69) is 9.72 Å². The molecule has 1 aromatic heterocycles. The van der Waals surface area contributed by atoms with E-state index in [-0.39, 0.29) is 24.2 Å². The van der Waals surface area contributed by atoms with Crippen LogP contribution in [0.25, 0.3) is 0 Å². The van der Waals surface area contributed by atoms with Gasteiger partial charge in [-0.15, -0.1) is 0 Å². The first-order valence-corrected chi connectivity index (χ1v) is 10.6. The van der Waals surface area contributed by atoms with Gasteiger partial charge in [0.15, 0.2) is 0 Å². The maximum Gasteiger partial charge on any atom is 0.410 e. The number of carbonyl (C=O) groups is 2. The van der Waals surface area contributed by atoms with Crippen LogP contribution in [0.4, 0.5) is 9.18 Å². The molecule has 0 atom stereocenters. The minimum Gasteiger partial charge on any atom is -0.473 e. The zero-order chi connectivity index (χ0) is 23.3. The fourth-order valence-corrected chi connectivity index (χ4v) is 3.48. The normalized spacial score (nSPS) is 14.7. The van der Waals surface area contributed by atoms with E-state index in [0.717, 1.165) is 24.6 Å². The van der Waals surface area contributed by atoms with Gasteiger partial charge < -0.3 is 19.1 Å². The average Bonchev–Trinajstić information content (AvgIpc) is 2.77. The maximum absolute atomic E-state index is 14.3. The number of aromatic nitrogens is 1. The monoisotopic (exact) mass is 444 g/mol. The lowest BCUT2D eigenvalue weighted by molar-refractivity contribution is 0.0203. The number of esters is 1. The average molecular weight is 445 g/mol. The molecule has 2 aromatic rings. The van der Waals surface area contributed by atoms with Gasteiger partial charge >= 0.3 is 12.1 Å². The van der Waals surface area contributed by atoms with Crippen molar-refractivity contribution in [2.24, 2.45) is 0 Å². The third-order valence-corrected chi connectivity index (χ3v) is 5.16. The molecule has 0 saturated carbocycles. The van der Waals surface area contributed by atoms with Crippen LogP contribution in [0.5, 0.6) is 5.88 Å². The second-order valence-corrected chi connectivity index (χ2v) is 8.73. The van der Waals surface area contributed by atoms with Crippen LogP contribution in [-0.4, -0.2) is 47.7 Å². The highest BCUT2D eigenvalue weighted by Crippen LogP contribution is 2.29.